The van der Waals surface area contributed by atoms with Crippen molar-refractivity contribution in [3.8, 4) is 5.75 Å². The quantitative estimate of drug-likeness (QED) is 0.327. The first kappa shape index (κ1) is 24.0. The molecule has 1 amide bonds. The van der Waals surface area contributed by atoms with Gasteiger partial charge in [0.05, 0.1) is 0 Å². The predicted molar refractivity (Wildman–Crippen MR) is 119 cm³/mol. The first-order valence-corrected chi connectivity index (χ1v) is 10.5. The number of rotatable bonds is 8. The molecule has 0 saturated heterocycles. The summed E-state index contributed by atoms with van der Waals surface area (Å²) in [6.07, 6.45) is 0.0587. The molecule has 4 nitrogen and oxygen atoms in total. The van der Waals surface area contributed by atoms with E-state index in [1.165, 1.54) is 30.1 Å². The van der Waals surface area contributed by atoms with Crippen LogP contribution >= 0.6 is 0 Å². The first-order chi connectivity index (χ1) is 15.7. The number of benzene rings is 3. The number of hydrogen-bond donors (Lipinski definition) is 0. The zero-order chi connectivity index (χ0) is 24.0. The van der Waals surface area contributed by atoms with Gasteiger partial charge in [0.25, 0.3) is 0 Å². The number of amides is 1. The van der Waals surface area contributed by atoms with E-state index >= 15 is 0 Å². The number of carbonyl (C=O) groups is 2. The fourth-order valence-corrected chi connectivity index (χ4v) is 3.53. The number of anilines is 1. The van der Waals surface area contributed by atoms with Crippen molar-refractivity contribution < 1.29 is 27.5 Å². The number of halogens is 3. The van der Waals surface area contributed by atoms with Crippen LogP contribution in [0.25, 0.3) is 0 Å². The lowest BCUT2D eigenvalue weighted by molar-refractivity contribution is -0.135. The number of para-hydroxylation sites is 1. The molecule has 0 N–H and O–H groups in total. The van der Waals surface area contributed by atoms with E-state index < -0.39 is 29.3 Å². The second-order valence-electron chi connectivity index (χ2n) is 7.84. The Morgan fingerprint density at radius 1 is 0.939 bits per heavy atom. The Morgan fingerprint density at radius 2 is 1.61 bits per heavy atom. The van der Waals surface area contributed by atoms with Crippen LogP contribution in [0.5, 0.6) is 5.75 Å². The summed E-state index contributed by atoms with van der Waals surface area (Å²) in [5, 5.41) is 0. The van der Waals surface area contributed by atoms with E-state index in [4.69, 9.17) is 4.74 Å². The summed E-state index contributed by atoms with van der Waals surface area (Å²) in [6, 6.07) is 15.9. The Kier molecular flexibility index (Phi) is 7.87. The molecule has 3 aromatic rings. The maximum absolute atomic E-state index is 13.7. The molecule has 0 bridgehead atoms. The van der Waals surface area contributed by atoms with Crippen molar-refractivity contribution in [3.63, 3.8) is 0 Å². The monoisotopic (exact) mass is 455 g/mol. The summed E-state index contributed by atoms with van der Waals surface area (Å²) >= 11 is 0. The molecule has 1 atom stereocenters. The second-order valence-corrected chi connectivity index (χ2v) is 7.84. The number of ether oxygens (including phenoxy) is 1. The van der Waals surface area contributed by atoms with Crippen molar-refractivity contribution in [3.05, 3.63) is 95.3 Å². The Labute approximate surface area is 190 Å². The molecule has 0 aliphatic heterocycles. The van der Waals surface area contributed by atoms with Gasteiger partial charge in [-0.15, -0.1) is 0 Å². The van der Waals surface area contributed by atoms with Crippen molar-refractivity contribution >= 4 is 17.6 Å². The normalized spacial score (nSPS) is 11.7. The lowest BCUT2D eigenvalue weighted by atomic mass is 9.93. The van der Waals surface area contributed by atoms with Crippen LogP contribution in [0.15, 0.2) is 66.7 Å². The van der Waals surface area contributed by atoms with Gasteiger partial charge in [0.1, 0.15) is 23.2 Å². The van der Waals surface area contributed by atoms with Crippen LogP contribution in [-0.4, -0.2) is 18.9 Å². The van der Waals surface area contributed by atoms with Gasteiger partial charge >= 0.3 is 5.97 Å². The Hall–Kier alpha value is -3.61. The molecule has 3 rings (SSSR count). The summed E-state index contributed by atoms with van der Waals surface area (Å²) in [6.45, 7) is 1.59. The van der Waals surface area contributed by atoms with Crippen LogP contribution in [0.1, 0.15) is 24.0 Å². The van der Waals surface area contributed by atoms with E-state index in [2.05, 4.69) is 0 Å². The molecule has 0 spiro atoms. The van der Waals surface area contributed by atoms with Crippen LogP contribution in [0.2, 0.25) is 0 Å². The standard InChI is InChI=1S/C26H24F3NO3/c1-17-12-22(9-10-24(17)29)30(2)26(32)19(13-18-14-20(27)16-21(28)15-18)8-11-25(31)33-23-6-4-3-5-7-23/h3-7,9-10,12,14-16,19H,8,11,13H2,1-2H3/t19-/m0/s1. The van der Waals surface area contributed by atoms with Crippen LogP contribution < -0.4 is 9.64 Å². The van der Waals surface area contributed by atoms with Crippen molar-refractivity contribution in [2.24, 2.45) is 5.92 Å². The molecular formula is C26H24F3NO3. The SMILES string of the molecule is Cc1cc(N(C)C(=O)[C@@H](CCC(=O)Oc2ccccc2)Cc2cc(F)cc(F)c2)ccc1F. The first-order valence-electron chi connectivity index (χ1n) is 10.5. The Balaban J connectivity index is 1.78. The van der Waals surface area contributed by atoms with Crippen molar-refractivity contribution in [1.82, 2.24) is 0 Å². The molecule has 0 aliphatic carbocycles. The van der Waals surface area contributed by atoms with Gasteiger partial charge in [-0.05, 0) is 73.4 Å². The van der Waals surface area contributed by atoms with Gasteiger partial charge in [0, 0.05) is 31.1 Å². The second kappa shape index (κ2) is 10.8. The Bertz CT molecular complexity index is 1110. The van der Waals surface area contributed by atoms with Gasteiger partial charge in [-0.1, -0.05) is 18.2 Å². The highest BCUT2D eigenvalue weighted by molar-refractivity contribution is 5.95. The van der Waals surface area contributed by atoms with Crippen molar-refractivity contribution in [2.75, 3.05) is 11.9 Å². The van der Waals surface area contributed by atoms with Crippen LogP contribution in [0, 0.1) is 30.3 Å². The van der Waals surface area contributed by atoms with E-state index in [1.807, 2.05) is 0 Å². The van der Waals surface area contributed by atoms with E-state index in [9.17, 15) is 22.8 Å². The number of aryl methyl sites for hydroxylation is 1. The van der Waals surface area contributed by atoms with Crippen LogP contribution in [-0.2, 0) is 16.0 Å². The van der Waals surface area contributed by atoms with E-state index in [0.29, 0.717) is 22.6 Å². The fourth-order valence-electron chi connectivity index (χ4n) is 3.53. The third-order valence-corrected chi connectivity index (χ3v) is 5.28. The van der Waals surface area contributed by atoms with E-state index in [-0.39, 0.29) is 25.2 Å². The van der Waals surface area contributed by atoms with Crippen molar-refractivity contribution in [2.45, 2.75) is 26.2 Å². The maximum atomic E-state index is 13.7. The predicted octanol–water partition coefficient (Wildman–Crippen LogP) is 5.62. The third-order valence-electron chi connectivity index (χ3n) is 5.28. The highest BCUT2D eigenvalue weighted by Gasteiger charge is 2.25. The summed E-state index contributed by atoms with van der Waals surface area (Å²) in [4.78, 5) is 26.9. The number of hydrogen-bond acceptors (Lipinski definition) is 3. The highest BCUT2D eigenvalue weighted by Crippen LogP contribution is 2.24. The smallest absolute Gasteiger partial charge is 0.311 e. The summed E-state index contributed by atoms with van der Waals surface area (Å²) in [5.74, 6) is -3.15. The molecule has 3 aromatic carbocycles. The summed E-state index contributed by atoms with van der Waals surface area (Å²) < 4.78 is 46.3. The molecule has 0 fully saturated rings. The minimum absolute atomic E-state index is 0.0245. The molecule has 172 valence electrons. The van der Waals surface area contributed by atoms with E-state index in [0.717, 1.165) is 18.2 Å². The molecule has 7 heteroatoms. The topological polar surface area (TPSA) is 46.6 Å². The van der Waals surface area contributed by atoms with Gasteiger partial charge in [0.15, 0.2) is 0 Å². The molecule has 0 unspecified atom stereocenters. The molecule has 33 heavy (non-hydrogen) atoms. The molecule has 0 heterocycles. The lowest BCUT2D eigenvalue weighted by Crippen LogP contribution is -2.34. The van der Waals surface area contributed by atoms with Gasteiger partial charge in [0.2, 0.25) is 5.91 Å². The average molecular weight is 455 g/mol. The fraction of sp³-hybridized carbons (Fsp3) is 0.231. The molecular weight excluding hydrogens is 431 g/mol. The molecule has 0 aliphatic rings. The summed E-state index contributed by atoms with van der Waals surface area (Å²) in [5.41, 5.74) is 1.15. The van der Waals surface area contributed by atoms with Gasteiger partial charge in [-0.25, -0.2) is 13.2 Å². The minimum Gasteiger partial charge on any atom is -0.427 e. The zero-order valence-electron chi connectivity index (χ0n) is 18.4. The maximum Gasteiger partial charge on any atom is 0.311 e. The number of esters is 1. The average Bonchev–Trinajstić information content (AvgIpc) is 2.77. The zero-order valence-corrected chi connectivity index (χ0v) is 18.4. The molecule has 0 radical (unpaired) electrons. The van der Waals surface area contributed by atoms with Gasteiger partial charge < -0.3 is 9.64 Å². The molecule has 0 saturated carbocycles. The van der Waals surface area contributed by atoms with Crippen molar-refractivity contribution in [1.29, 1.82) is 0 Å². The van der Waals surface area contributed by atoms with Crippen LogP contribution in [0.4, 0.5) is 18.9 Å². The number of nitrogens with zero attached hydrogens (tertiary/aromatic N) is 1. The summed E-state index contributed by atoms with van der Waals surface area (Å²) in [7, 11) is 1.54. The lowest BCUT2D eigenvalue weighted by Gasteiger charge is -2.24. The van der Waals surface area contributed by atoms with Crippen LogP contribution in [0.3, 0.4) is 0 Å². The largest absolute Gasteiger partial charge is 0.427 e. The third kappa shape index (κ3) is 6.68. The van der Waals surface area contributed by atoms with Gasteiger partial charge in [-0.2, -0.15) is 0 Å². The molecule has 0 aromatic heterocycles. The van der Waals surface area contributed by atoms with E-state index in [1.54, 1.807) is 37.3 Å². The minimum atomic E-state index is -0.759. The Morgan fingerprint density at radius 3 is 2.24 bits per heavy atom. The highest BCUT2D eigenvalue weighted by atomic mass is 19.1. The number of carbonyl (C=O) groups excluding carboxylic acids is 2. The van der Waals surface area contributed by atoms with Gasteiger partial charge in [-0.3, -0.25) is 9.59 Å².